The van der Waals surface area contributed by atoms with Crippen LogP contribution in [0.2, 0.25) is 0 Å². The van der Waals surface area contributed by atoms with Gasteiger partial charge in [0.1, 0.15) is 0 Å². The SMILES string of the molecule is OC[C@H]1O[C@@H](n2ccc3c([Se]Cc4ccccc4)ncnc32)[C@H](O)[C@@H]1O. The third kappa shape index (κ3) is 3.16. The molecule has 0 unspecified atom stereocenters. The molecular weight excluding hydrogens is 401 g/mol. The molecule has 3 N–H and O–H groups in total. The van der Waals surface area contributed by atoms with E-state index in [1.54, 1.807) is 10.8 Å². The second-order valence-corrected chi connectivity index (χ2v) is 8.16. The third-order valence-electron chi connectivity index (χ3n) is 4.48. The van der Waals surface area contributed by atoms with Gasteiger partial charge in [0.25, 0.3) is 0 Å². The number of aliphatic hydroxyl groups is 3. The Labute approximate surface area is 156 Å². The molecule has 7 nitrogen and oxygen atoms in total. The normalized spacial score (nSPS) is 25.8. The van der Waals surface area contributed by atoms with Crippen molar-refractivity contribution in [1.29, 1.82) is 0 Å². The minimum atomic E-state index is -1.13. The van der Waals surface area contributed by atoms with Gasteiger partial charge in [0.15, 0.2) is 0 Å². The Kier molecular flexibility index (Phi) is 5.04. The monoisotopic (exact) mass is 421 g/mol. The van der Waals surface area contributed by atoms with Crippen LogP contribution < -0.4 is 4.59 Å². The Morgan fingerprint density at radius 2 is 1.88 bits per heavy atom. The van der Waals surface area contributed by atoms with Crippen molar-refractivity contribution < 1.29 is 20.1 Å². The number of hydrogen-bond acceptors (Lipinski definition) is 6. The molecule has 0 aliphatic carbocycles. The van der Waals surface area contributed by atoms with Crippen LogP contribution in [0, 0.1) is 0 Å². The maximum atomic E-state index is 10.3. The van der Waals surface area contributed by atoms with Crippen LogP contribution in [-0.4, -0.2) is 69.7 Å². The van der Waals surface area contributed by atoms with E-state index in [9.17, 15) is 15.3 Å². The molecule has 2 aromatic heterocycles. The molecule has 1 aliphatic heterocycles. The predicted octanol–water partition coefficient (Wildman–Crippen LogP) is -0.428. The first-order valence-electron chi connectivity index (χ1n) is 8.29. The van der Waals surface area contributed by atoms with Gasteiger partial charge >= 0.3 is 156 Å². The van der Waals surface area contributed by atoms with Gasteiger partial charge in [0.2, 0.25) is 0 Å². The average molecular weight is 420 g/mol. The molecule has 1 aromatic carbocycles. The van der Waals surface area contributed by atoms with Gasteiger partial charge in [-0.25, -0.2) is 0 Å². The first kappa shape index (κ1) is 17.6. The van der Waals surface area contributed by atoms with Gasteiger partial charge in [-0.2, -0.15) is 0 Å². The summed E-state index contributed by atoms with van der Waals surface area (Å²) in [6, 6.07) is 12.2. The third-order valence-corrected chi connectivity index (χ3v) is 6.74. The van der Waals surface area contributed by atoms with Crippen molar-refractivity contribution in [3.05, 3.63) is 54.5 Å². The van der Waals surface area contributed by atoms with Crippen molar-refractivity contribution in [3.8, 4) is 0 Å². The molecule has 3 aromatic rings. The van der Waals surface area contributed by atoms with Gasteiger partial charge in [0.05, 0.1) is 0 Å². The van der Waals surface area contributed by atoms with Crippen LogP contribution in [0.1, 0.15) is 11.8 Å². The topological polar surface area (TPSA) is 101 Å². The van der Waals surface area contributed by atoms with Crippen molar-refractivity contribution in [2.75, 3.05) is 6.61 Å². The van der Waals surface area contributed by atoms with Crippen LogP contribution in [0.5, 0.6) is 0 Å². The molecule has 3 heterocycles. The number of rotatable bonds is 5. The summed E-state index contributed by atoms with van der Waals surface area (Å²) >= 11 is 0.136. The second-order valence-electron chi connectivity index (χ2n) is 6.14. The van der Waals surface area contributed by atoms with Gasteiger partial charge < -0.3 is 0 Å². The van der Waals surface area contributed by atoms with E-state index in [4.69, 9.17) is 4.74 Å². The summed E-state index contributed by atoms with van der Waals surface area (Å²) in [5.74, 6) is 0. The van der Waals surface area contributed by atoms with Crippen LogP contribution in [-0.2, 0) is 10.1 Å². The van der Waals surface area contributed by atoms with E-state index >= 15 is 0 Å². The molecule has 26 heavy (non-hydrogen) atoms. The summed E-state index contributed by atoms with van der Waals surface area (Å²) in [5, 5.41) is 31.4. The number of hydrogen-bond donors (Lipinski definition) is 3. The Hall–Kier alpha value is -1.80. The van der Waals surface area contributed by atoms with E-state index in [-0.39, 0.29) is 21.6 Å². The van der Waals surface area contributed by atoms with E-state index in [2.05, 4.69) is 22.1 Å². The average Bonchev–Trinajstić information content (AvgIpc) is 3.23. The van der Waals surface area contributed by atoms with E-state index in [1.165, 1.54) is 11.9 Å². The Morgan fingerprint density at radius 1 is 1.08 bits per heavy atom. The van der Waals surface area contributed by atoms with E-state index in [1.807, 2.05) is 24.3 Å². The summed E-state index contributed by atoms with van der Waals surface area (Å²) in [7, 11) is 0. The molecule has 0 radical (unpaired) electrons. The Morgan fingerprint density at radius 3 is 2.62 bits per heavy atom. The van der Waals surface area contributed by atoms with Crippen molar-refractivity contribution in [3.63, 3.8) is 0 Å². The van der Waals surface area contributed by atoms with Crippen molar-refractivity contribution in [2.24, 2.45) is 0 Å². The Bertz CT molecular complexity index is 889. The molecule has 4 atom stereocenters. The molecule has 1 aliphatic rings. The summed E-state index contributed by atoms with van der Waals surface area (Å²) in [4.78, 5) is 8.78. The van der Waals surface area contributed by atoms with E-state index in [0.29, 0.717) is 5.65 Å². The van der Waals surface area contributed by atoms with Crippen LogP contribution in [0.3, 0.4) is 0 Å². The number of ether oxygens (including phenoxy) is 1. The molecule has 0 saturated carbocycles. The molecule has 0 amide bonds. The molecule has 136 valence electrons. The first-order valence-corrected chi connectivity index (χ1v) is 10.4. The fourth-order valence-corrected chi connectivity index (χ4v) is 5.06. The molecular formula is C18H19N3O4Se. The standard InChI is InChI=1S/C18H19N3O4Se/c22-8-13-14(23)15(24)18(25-13)21-7-6-12-16(21)19-10-20-17(12)26-9-11-4-2-1-3-5-11/h1-7,10,13-15,18,22-24H,8-9H2/t13-,14-,15-,18-/m1/s1. The fraction of sp³-hybridized carbons (Fsp3) is 0.333. The van der Waals surface area contributed by atoms with Gasteiger partial charge in [0, 0.05) is 0 Å². The molecule has 0 bridgehead atoms. The van der Waals surface area contributed by atoms with Crippen LogP contribution in [0.25, 0.3) is 11.0 Å². The zero-order valence-electron chi connectivity index (χ0n) is 13.8. The van der Waals surface area contributed by atoms with Gasteiger partial charge in [-0.15, -0.1) is 0 Å². The van der Waals surface area contributed by atoms with Crippen LogP contribution in [0.15, 0.2) is 48.9 Å². The molecule has 8 heteroatoms. The summed E-state index contributed by atoms with van der Waals surface area (Å²) in [6.07, 6.45) is -0.564. The number of fused-ring (bicyclic) bond motifs is 1. The quantitative estimate of drug-likeness (QED) is 0.485. The molecule has 1 fully saturated rings. The number of nitrogens with zero attached hydrogens (tertiary/aromatic N) is 3. The second kappa shape index (κ2) is 7.44. The predicted molar refractivity (Wildman–Crippen MR) is 96.1 cm³/mol. The summed E-state index contributed by atoms with van der Waals surface area (Å²) in [5.41, 5.74) is 1.92. The fourth-order valence-electron chi connectivity index (χ4n) is 3.10. The van der Waals surface area contributed by atoms with Crippen molar-refractivity contribution >= 4 is 30.6 Å². The summed E-state index contributed by atoms with van der Waals surface area (Å²) < 4.78 is 8.29. The van der Waals surface area contributed by atoms with Gasteiger partial charge in [-0.3, -0.25) is 0 Å². The minimum absolute atomic E-state index is 0.136. The maximum absolute atomic E-state index is 10.3. The Balaban J connectivity index is 1.61. The van der Waals surface area contributed by atoms with Gasteiger partial charge in [-0.05, 0) is 0 Å². The number of aliphatic hydroxyl groups excluding tert-OH is 3. The number of benzene rings is 1. The van der Waals surface area contributed by atoms with Crippen molar-refractivity contribution in [2.45, 2.75) is 29.9 Å². The molecule has 1 saturated heterocycles. The molecule has 4 rings (SSSR count). The van der Waals surface area contributed by atoms with Crippen molar-refractivity contribution in [1.82, 2.24) is 14.5 Å². The zero-order valence-corrected chi connectivity index (χ0v) is 15.6. The number of aromatic nitrogens is 3. The summed E-state index contributed by atoms with van der Waals surface area (Å²) in [6.45, 7) is -0.353. The van der Waals surface area contributed by atoms with Crippen LogP contribution in [0.4, 0.5) is 0 Å². The molecule has 0 spiro atoms. The first-order chi connectivity index (χ1) is 12.7. The van der Waals surface area contributed by atoms with Crippen LogP contribution >= 0.6 is 0 Å². The van der Waals surface area contributed by atoms with E-state index in [0.717, 1.165) is 15.3 Å². The zero-order chi connectivity index (χ0) is 18.1. The van der Waals surface area contributed by atoms with E-state index < -0.39 is 24.5 Å². The van der Waals surface area contributed by atoms with Gasteiger partial charge in [-0.1, -0.05) is 0 Å².